The summed E-state index contributed by atoms with van der Waals surface area (Å²) < 4.78 is 10.7. The van der Waals surface area contributed by atoms with Crippen LogP contribution in [-0.2, 0) is 0 Å². The minimum Gasteiger partial charge on any atom is -0.463 e. The van der Waals surface area contributed by atoms with Crippen molar-refractivity contribution in [2.45, 2.75) is 30.6 Å². The lowest BCUT2D eigenvalue weighted by atomic mass is 10.5. The molecule has 1 N–H and O–H groups in total. The first-order valence-corrected chi connectivity index (χ1v) is 6.57. The summed E-state index contributed by atoms with van der Waals surface area (Å²) in [5.41, 5.74) is 0. The fourth-order valence-electron chi connectivity index (χ4n) is 1.15. The van der Waals surface area contributed by atoms with Gasteiger partial charge in [-0.25, -0.2) is 0 Å². The Bertz CT molecular complexity index is 547. The lowest BCUT2D eigenvalue weighted by Gasteiger charge is -2.05. The smallest absolute Gasteiger partial charge is 0.322 e. The second kappa shape index (κ2) is 6.32. The van der Waals surface area contributed by atoms with E-state index < -0.39 is 0 Å². The Morgan fingerprint density at radius 2 is 2.11 bits per heavy atom. The third-order valence-electron chi connectivity index (χ3n) is 1.94. The van der Waals surface area contributed by atoms with E-state index in [1.54, 1.807) is 14.0 Å². The van der Waals surface area contributed by atoms with Crippen LogP contribution in [0.15, 0.2) is 14.8 Å². The van der Waals surface area contributed by atoms with Crippen molar-refractivity contribution in [3.8, 4) is 6.01 Å². The van der Waals surface area contributed by atoms with Gasteiger partial charge in [-0.2, -0.15) is 15.0 Å². The highest BCUT2D eigenvalue weighted by Gasteiger charge is 2.11. The molecule has 0 bridgehead atoms. The predicted octanol–water partition coefficient (Wildman–Crippen LogP) is 1.54. The molecule has 0 radical (unpaired) electrons. The molecule has 102 valence electrons. The molecule has 8 nitrogen and oxygen atoms in total. The third kappa shape index (κ3) is 3.78. The summed E-state index contributed by atoms with van der Waals surface area (Å²) in [4.78, 5) is 12.5. The van der Waals surface area contributed by atoms with Crippen LogP contribution >= 0.6 is 11.8 Å². The number of anilines is 1. The quantitative estimate of drug-likeness (QED) is 0.845. The molecule has 2 heterocycles. The van der Waals surface area contributed by atoms with Crippen LogP contribution in [0.4, 0.5) is 5.95 Å². The van der Waals surface area contributed by atoms with Gasteiger partial charge in [0.15, 0.2) is 0 Å². The molecule has 0 aliphatic rings. The van der Waals surface area contributed by atoms with Crippen molar-refractivity contribution in [3.63, 3.8) is 0 Å². The van der Waals surface area contributed by atoms with Crippen LogP contribution in [0.2, 0.25) is 0 Å². The molecule has 2 aromatic heterocycles. The zero-order valence-corrected chi connectivity index (χ0v) is 11.7. The van der Waals surface area contributed by atoms with Crippen molar-refractivity contribution in [1.82, 2.24) is 25.1 Å². The molecule has 0 saturated heterocycles. The van der Waals surface area contributed by atoms with E-state index in [-0.39, 0.29) is 6.01 Å². The molecule has 0 aliphatic carbocycles. The Kier molecular flexibility index (Phi) is 4.50. The number of aryl methyl sites for hydroxylation is 1. The van der Waals surface area contributed by atoms with Gasteiger partial charge in [0, 0.05) is 25.7 Å². The van der Waals surface area contributed by atoms with E-state index in [4.69, 9.17) is 9.15 Å². The van der Waals surface area contributed by atoms with E-state index >= 15 is 0 Å². The highest BCUT2D eigenvalue weighted by molar-refractivity contribution is 7.98. The lowest BCUT2D eigenvalue weighted by Crippen LogP contribution is -2.05. The van der Waals surface area contributed by atoms with E-state index in [0.717, 1.165) is 18.2 Å². The van der Waals surface area contributed by atoms with Gasteiger partial charge in [-0.05, 0) is 6.42 Å². The van der Waals surface area contributed by atoms with E-state index in [1.165, 1.54) is 0 Å². The first kappa shape index (κ1) is 13.5. The van der Waals surface area contributed by atoms with E-state index in [0.29, 0.717) is 28.8 Å². The molecule has 0 atom stereocenters. The molecule has 9 heteroatoms. The third-order valence-corrected chi connectivity index (χ3v) is 2.64. The number of aromatic nitrogens is 5. The maximum Gasteiger partial charge on any atom is 0.322 e. The van der Waals surface area contributed by atoms with Crippen molar-refractivity contribution in [3.05, 3.63) is 5.89 Å². The fourth-order valence-corrected chi connectivity index (χ4v) is 1.81. The van der Waals surface area contributed by atoms with Crippen LogP contribution in [0.3, 0.4) is 0 Å². The van der Waals surface area contributed by atoms with Gasteiger partial charge in [-0.15, -0.1) is 10.2 Å². The highest BCUT2D eigenvalue weighted by atomic mass is 32.2. The molecule has 19 heavy (non-hydrogen) atoms. The lowest BCUT2D eigenvalue weighted by molar-refractivity contribution is 0.288. The van der Waals surface area contributed by atoms with Crippen molar-refractivity contribution in [2.24, 2.45) is 0 Å². The first-order chi connectivity index (χ1) is 9.21. The average Bonchev–Trinajstić information content (AvgIpc) is 2.81. The Morgan fingerprint density at radius 1 is 1.26 bits per heavy atom. The van der Waals surface area contributed by atoms with Gasteiger partial charge in [-0.1, -0.05) is 6.92 Å². The summed E-state index contributed by atoms with van der Waals surface area (Å²) in [6, 6.07) is 0.278. The molecule has 0 amide bonds. The average molecular weight is 282 g/mol. The second-order valence-electron chi connectivity index (χ2n) is 3.51. The number of rotatable bonds is 6. The van der Waals surface area contributed by atoms with Crippen LogP contribution in [0, 0.1) is 6.92 Å². The summed E-state index contributed by atoms with van der Waals surface area (Å²) in [7, 11) is 1.73. The molecule has 0 fully saturated rings. The van der Waals surface area contributed by atoms with Gasteiger partial charge in [0.25, 0.3) is 5.22 Å². The predicted molar refractivity (Wildman–Crippen MR) is 68.3 cm³/mol. The Hall–Kier alpha value is -1.90. The Labute approximate surface area is 114 Å². The molecule has 0 aliphatic heterocycles. The van der Waals surface area contributed by atoms with Crippen LogP contribution in [0.1, 0.15) is 19.2 Å². The summed E-state index contributed by atoms with van der Waals surface area (Å²) >= 11 is 1.16. The largest absolute Gasteiger partial charge is 0.463 e. The summed E-state index contributed by atoms with van der Waals surface area (Å²) in [6.45, 7) is 4.28. The number of nitrogens with one attached hydrogen (secondary N) is 1. The maximum atomic E-state index is 5.40. The molecule has 2 rings (SSSR count). The van der Waals surface area contributed by atoms with Crippen molar-refractivity contribution < 1.29 is 9.15 Å². The zero-order chi connectivity index (χ0) is 13.7. The summed E-state index contributed by atoms with van der Waals surface area (Å²) in [6.07, 6.45) is 0.881. The summed E-state index contributed by atoms with van der Waals surface area (Å²) in [5.74, 6) is 0.924. The number of hydrogen-bond donors (Lipinski definition) is 1. The molecule has 0 spiro atoms. The van der Waals surface area contributed by atoms with E-state index in [1.807, 2.05) is 6.92 Å². The van der Waals surface area contributed by atoms with Crippen LogP contribution < -0.4 is 10.1 Å². The Balaban J connectivity index is 2.18. The van der Waals surface area contributed by atoms with E-state index in [2.05, 4.69) is 30.5 Å². The standard InChI is InChI=1S/C10H14N6O2S/c1-4-5-17-8-12-7(11-3)13-9(14-8)19-10-16-15-6(2)18-10/h4-5H2,1-3H3,(H,11,12,13,14). The highest BCUT2D eigenvalue weighted by Crippen LogP contribution is 2.24. The SMILES string of the molecule is CCCOc1nc(NC)nc(Sc2nnc(C)o2)n1. The molecular formula is C10H14N6O2S. The fraction of sp³-hybridized carbons (Fsp3) is 0.500. The number of ether oxygens (including phenoxy) is 1. The van der Waals surface area contributed by atoms with Crippen molar-refractivity contribution >= 4 is 17.7 Å². The molecular weight excluding hydrogens is 268 g/mol. The van der Waals surface area contributed by atoms with Gasteiger partial charge in [0.1, 0.15) is 0 Å². The van der Waals surface area contributed by atoms with Crippen molar-refractivity contribution in [2.75, 3.05) is 19.0 Å². The molecule has 0 aromatic carbocycles. The van der Waals surface area contributed by atoms with Crippen molar-refractivity contribution in [1.29, 1.82) is 0 Å². The maximum absolute atomic E-state index is 5.40. The van der Waals surface area contributed by atoms with Crippen LogP contribution in [-0.4, -0.2) is 38.8 Å². The molecule has 0 unspecified atom stereocenters. The van der Waals surface area contributed by atoms with Crippen LogP contribution in [0.5, 0.6) is 6.01 Å². The minimum atomic E-state index is 0.278. The monoisotopic (exact) mass is 282 g/mol. The van der Waals surface area contributed by atoms with Gasteiger partial charge in [-0.3, -0.25) is 0 Å². The minimum absolute atomic E-state index is 0.278. The molecule has 2 aromatic rings. The van der Waals surface area contributed by atoms with E-state index in [9.17, 15) is 0 Å². The molecule has 0 saturated carbocycles. The summed E-state index contributed by atoms with van der Waals surface area (Å²) in [5, 5.41) is 11.3. The first-order valence-electron chi connectivity index (χ1n) is 5.76. The zero-order valence-electron chi connectivity index (χ0n) is 10.9. The van der Waals surface area contributed by atoms with Crippen LogP contribution in [0.25, 0.3) is 0 Å². The normalized spacial score (nSPS) is 10.5. The van der Waals surface area contributed by atoms with Gasteiger partial charge in [0.05, 0.1) is 6.61 Å². The second-order valence-corrected chi connectivity index (χ2v) is 4.43. The van der Waals surface area contributed by atoms with Gasteiger partial charge >= 0.3 is 6.01 Å². The Morgan fingerprint density at radius 3 is 2.74 bits per heavy atom. The van der Waals surface area contributed by atoms with Gasteiger partial charge < -0.3 is 14.5 Å². The topological polar surface area (TPSA) is 98.8 Å². The number of hydrogen-bond acceptors (Lipinski definition) is 9. The van der Waals surface area contributed by atoms with Gasteiger partial charge in [0.2, 0.25) is 17.0 Å². The number of nitrogens with zero attached hydrogens (tertiary/aromatic N) is 5.